The Labute approximate surface area is 117 Å². The highest BCUT2D eigenvalue weighted by molar-refractivity contribution is 5.92. The van der Waals surface area contributed by atoms with Gasteiger partial charge in [0.05, 0.1) is 18.9 Å². The second kappa shape index (κ2) is 6.00. The molecule has 2 rings (SSSR count). The van der Waals surface area contributed by atoms with Crippen molar-refractivity contribution in [3.05, 3.63) is 29.6 Å². The van der Waals surface area contributed by atoms with Gasteiger partial charge in [-0.1, -0.05) is 0 Å². The number of rotatable bonds is 2. The van der Waals surface area contributed by atoms with E-state index in [-0.39, 0.29) is 19.8 Å². The average molecular weight is 304 g/mol. The fraction of sp³-hybridized carbons (Fsp3) is 0.333. The molecule has 0 radical (unpaired) electrons. The van der Waals surface area contributed by atoms with E-state index < -0.39 is 41.2 Å². The number of halogens is 3. The summed E-state index contributed by atoms with van der Waals surface area (Å²) in [6.45, 7) is -0.103. The summed E-state index contributed by atoms with van der Waals surface area (Å²) in [4.78, 5) is 23.9. The summed E-state index contributed by atoms with van der Waals surface area (Å²) in [6, 6.07) is -1.39. The summed E-state index contributed by atoms with van der Waals surface area (Å²) in [6.07, 6.45) is 0. The zero-order valence-electron chi connectivity index (χ0n) is 10.6. The van der Waals surface area contributed by atoms with Crippen LogP contribution in [0.4, 0.5) is 23.7 Å². The number of morpholine rings is 1. The molecule has 0 aliphatic carbocycles. The molecule has 1 heterocycles. The number of carbonyl (C=O) groups excluding carboxylic acids is 1. The highest BCUT2D eigenvalue weighted by Crippen LogP contribution is 2.19. The first-order valence-corrected chi connectivity index (χ1v) is 5.93. The Hall–Kier alpha value is -2.29. The average Bonchev–Trinajstić information content (AvgIpc) is 2.44. The van der Waals surface area contributed by atoms with Gasteiger partial charge in [0.1, 0.15) is 5.82 Å². The van der Waals surface area contributed by atoms with Crippen molar-refractivity contribution in [1.82, 2.24) is 4.90 Å². The third-order valence-electron chi connectivity index (χ3n) is 2.93. The maximum Gasteiger partial charge on any atom is 0.328 e. The molecule has 0 saturated carbocycles. The van der Waals surface area contributed by atoms with Crippen LogP contribution in [0.15, 0.2) is 12.1 Å². The first-order chi connectivity index (χ1) is 9.90. The number of carboxylic acids is 1. The van der Waals surface area contributed by atoms with Gasteiger partial charge in [-0.3, -0.25) is 0 Å². The third-order valence-corrected chi connectivity index (χ3v) is 2.93. The fourth-order valence-electron chi connectivity index (χ4n) is 1.86. The Morgan fingerprint density at radius 3 is 2.57 bits per heavy atom. The van der Waals surface area contributed by atoms with E-state index in [0.29, 0.717) is 12.1 Å². The van der Waals surface area contributed by atoms with Crippen molar-refractivity contribution in [3.63, 3.8) is 0 Å². The van der Waals surface area contributed by atoms with Gasteiger partial charge in [0.25, 0.3) is 0 Å². The number of hydrogen-bond acceptors (Lipinski definition) is 3. The van der Waals surface area contributed by atoms with Gasteiger partial charge in [0, 0.05) is 18.7 Å². The van der Waals surface area contributed by atoms with E-state index in [1.54, 1.807) is 0 Å². The zero-order chi connectivity index (χ0) is 15.6. The van der Waals surface area contributed by atoms with Crippen molar-refractivity contribution in [1.29, 1.82) is 0 Å². The van der Waals surface area contributed by atoms with E-state index >= 15 is 0 Å². The van der Waals surface area contributed by atoms with Crippen LogP contribution in [0.3, 0.4) is 0 Å². The molecule has 9 heteroatoms. The molecule has 21 heavy (non-hydrogen) atoms. The van der Waals surface area contributed by atoms with Crippen LogP contribution >= 0.6 is 0 Å². The Kier molecular flexibility index (Phi) is 4.32. The predicted molar refractivity (Wildman–Crippen MR) is 64.3 cm³/mol. The van der Waals surface area contributed by atoms with Crippen molar-refractivity contribution < 1.29 is 32.6 Å². The van der Waals surface area contributed by atoms with E-state index in [9.17, 15) is 22.8 Å². The van der Waals surface area contributed by atoms with Crippen LogP contribution in [0.25, 0.3) is 0 Å². The van der Waals surface area contributed by atoms with Crippen LogP contribution in [0.2, 0.25) is 0 Å². The van der Waals surface area contributed by atoms with Gasteiger partial charge < -0.3 is 20.1 Å². The van der Waals surface area contributed by atoms with Gasteiger partial charge in [0.2, 0.25) is 0 Å². The number of urea groups is 1. The molecule has 2 N–H and O–H groups in total. The standard InChI is InChI=1S/C12H11F3N2O4/c13-6-3-8(15)9(4-7(6)14)16-12(20)17-1-2-21-5-10(17)11(18)19/h3-4,10H,1-2,5H2,(H,16,20)(H,18,19). The van der Waals surface area contributed by atoms with E-state index in [1.165, 1.54) is 0 Å². The molecule has 0 spiro atoms. The SMILES string of the molecule is O=C(O)C1COCCN1C(=O)Nc1cc(F)c(F)cc1F. The molecule has 1 aliphatic heterocycles. The largest absolute Gasteiger partial charge is 0.480 e. The minimum Gasteiger partial charge on any atom is -0.480 e. The van der Waals surface area contributed by atoms with Crippen LogP contribution in [-0.2, 0) is 9.53 Å². The number of benzene rings is 1. The molecular formula is C12H11F3N2O4. The number of ether oxygens (including phenoxy) is 1. The number of hydrogen-bond donors (Lipinski definition) is 2. The van der Waals surface area contributed by atoms with E-state index in [1.807, 2.05) is 5.32 Å². The summed E-state index contributed by atoms with van der Waals surface area (Å²) >= 11 is 0. The summed E-state index contributed by atoms with van der Waals surface area (Å²) in [5, 5.41) is 11.0. The molecule has 1 atom stereocenters. The lowest BCUT2D eigenvalue weighted by atomic mass is 10.2. The summed E-state index contributed by atoms with van der Waals surface area (Å²) in [7, 11) is 0. The molecule has 1 saturated heterocycles. The molecule has 1 aromatic carbocycles. The first kappa shape index (κ1) is 15.1. The number of carboxylic acid groups (broad SMARTS) is 1. The number of amides is 2. The third kappa shape index (κ3) is 3.24. The highest BCUT2D eigenvalue weighted by Gasteiger charge is 2.33. The summed E-state index contributed by atoms with van der Waals surface area (Å²) < 4.78 is 44.2. The molecule has 114 valence electrons. The van der Waals surface area contributed by atoms with Crippen molar-refractivity contribution in [2.24, 2.45) is 0 Å². The van der Waals surface area contributed by atoms with Crippen molar-refractivity contribution >= 4 is 17.7 Å². The van der Waals surface area contributed by atoms with Crippen LogP contribution in [-0.4, -0.2) is 47.8 Å². The maximum absolute atomic E-state index is 13.4. The van der Waals surface area contributed by atoms with E-state index in [4.69, 9.17) is 9.84 Å². The maximum atomic E-state index is 13.4. The van der Waals surface area contributed by atoms with Crippen molar-refractivity contribution in [3.8, 4) is 0 Å². The van der Waals surface area contributed by atoms with Crippen LogP contribution in [0.5, 0.6) is 0 Å². The van der Waals surface area contributed by atoms with Gasteiger partial charge >= 0.3 is 12.0 Å². The molecule has 1 unspecified atom stereocenters. The van der Waals surface area contributed by atoms with Gasteiger partial charge in [0.15, 0.2) is 17.7 Å². The molecule has 1 aromatic rings. The topological polar surface area (TPSA) is 78.9 Å². The van der Waals surface area contributed by atoms with Gasteiger partial charge in [-0.15, -0.1) is 0 Å². The number of carbonyl (C=O) groups is 2. The smallest absolute Gasteiger partial charge is 0.328 e. The minimum atomic E-state index is -1.39. The zero-order valence-corrected chi connectivity index (χ0v) is 10.6. The summed E-state index contributed by atoms with van der Waals surface area (Å²) in [5.41, 5.74) is -0.575. The molecule has 1 fully saturated rings. The molecule has 6 nitrogen and oxygen atoms in total. The van der Waals surface area contributed by atoms with Gasteiger partial charge in [-0.2, -0.15) is 0 Å². The number of nitrogens with zero attached hydrogens (tertiary/aromatic N) is 1. The quantitative estimate of drug-likeness (QED) is 0.810. The number of nitrogens with one attached hydrogen (secondary N) is 1. The molecule has 1 aliphatic rings. The second-order valence-corrected chi connectivity index (χ2v) is 4.30. The second-order valence-electron chi connectivity index (χ2n) is 4.30. The number of aliphatic carboxylic acids is 1. The predicted octanol–water partition coefficient (Wildman–Crippen LogP) is 1.42. The van der Waals surface area contributed by atoms with Gasteiger partial charge in [-0.25, -0.2) is 22.8 Å². The minimum absolute atomic E-state index is 0.0197. The lowest BCUT2D eigenvalue weighted by molar-refractivity contribution is -0.147. The Morgan fingerprint density at radius 1 is 1.24 bits per heavy atom. The van der Waals surface area contributed by atoms with Crippen LogP contribution < -0.4 is 5.32 Å². The van der Waals surface area contributed by atoms with E-state index in [2.05, 4.69) is 0 Å². The first-order valence-electron chi connectivity index (χ1n) is 5.93. The summed E-state index contributed by atoms with van der Waals surface area (Å²) in [5.74, 6) is -5.17. The molecule has 0 bridgehead atoms. The monoisotopic (exact) mass is 304 g/mol. The molecule has 2 amide bonds. The van der Waals surface area contributed by atoms with Crippen molar-refractivity contribution in [2.75, 3.05) is 25.1 Å². The Morgan fingerprint density at radius 2 is 1.90 bits per heavy atom. The van der Waals surface area contributed by atoms with Crippen LogP contribution in [0.1, 0.15) is 0 Å². The Bertz CT molecular complexity index is 582. The lowest BCUT2D eigenvalue weighted by Gasteiger charge is -2.32. The molecule has 0 aromatic heterocycles. The van der Waals surface area contributed by atoms with Crippen LogP contribution in [0, 0.1) is 17.5 Å². The highest BCUT2D eigenvalue weighted by atomic mass is 19.2. The lowest BCUT2D eigenvalue weighted by Crippen LogP contribution is -2.54. The fourth-order valence-corrected chi connectivity index (χ4v) is 1.86. The Balaban J connectivity index is 2.17. The molecular weight excluding hydrogens is 293 g/mol. The normalized spacial score (nSPS) is 18.4. The van der Waals surface area contributed by atoms with Crippen molar-refractivity contribution in [2.45, 2.75) is 6.04 Å². The number of anilines is 1. The van der Waals surface area contributed by atoms with E-state index in [0.717, 1.165) is 4.90 Å². The van der Waals surface area contributed by atoms with Gasteiger partial charge in [-0.05, 0) is 0 Å².